The molecule has 11 heteroatoms. The summed E-state index contributed by atoms with van der Waals surface area (Å²) in [4.78, 5) is 39.4. The zero-order valence-electron chi connectivity index (χ0n) is 24.4. The number of hydrogen-bond acceptors (Lipinski definition) is 9. The number of fused-ring (bicyclic) bond motifs is 2. The summed E-state index contributed by atoms with van der Waals surface area (Å²) in [7, 11) is 1.59. The maximum atomic E-state index is 12.7. The van der Waals surface area contributed by atoms with E-state index in [1.807, 2.05) is 18.2 Å². The predicted molar refractivity (Wildman–Crippen MR) is 170 cm³/mol. The number of hydrogen-bond donors (Lipinski definition) is 4. The number of benzene rings is 1. The molecule has 1 saturated carbocycles. The number of anilines is 2. The van der Waals surface area contributed by atoms with Gasteiger partial charge >= 0.3 is 0 Å². The van der Waals surface area contributed by atoms with Gasteiger partial charge in [0.2, 0.25) is 11.8 Å². The second kappa shape index (κ2) is 13.5. The predicted octanol–water partition coefficient (Wildman–Crippen LogP) is 4.81. The number of thiazole rings is 1. The summed E-state index contributed by atoms with van der Waals surface area (Å²) >= 11 is 1.26. The molecular weight excluding hydrogens is 562 g/mol. The summed E-state index contributed by atoms with van der Waals surface area (Å²) < 4.78 is 5.94. The van der Waals surface area contributed by atoms with E-state index in [0.29, 0.717) is 47.2 Å². The molecule has 3 heterocycles. The Kier molecular flexibility index (Phi) is 9.09. The minimum absolute atomic E-state index is 0.153. The highest BCUT2D eigenvalue weighted by atomic mass is 32.1. The second-order valence-electron chi connectivity index (χ2n) is 11.1. The Morgan fingerprint density at radius 3 is 2.74 bits per heavy atom. The number of nitrogens with zero attached hydrogens (tertiary/aromatic N) is 3. The lowest BCUT2D eigenvalue weighted by Crippen LogP contribution is -2.31. The van der Waals surface area contributed by atoms with Crippen LogP contribution in [0.4, 0.5) is 11.5 Å². The van der Waals surface area contributed by atoms with E-state index in [-0.39, 0.29) is 18.4 Å². The molecule has 0 unspecified atom stereocenters. The lowest BCUT2D eigenvalue weighted by Gasteiger charge is -2.24. The van der Waals surface area contributed by atoms with Crippen molar-refractivity contribution in [2.24, 2.45) is 5.92 Å². The second-order valence-corrected chi connectivity index (χ2v) is 12.1. The quantitative estimate of drug-likeness (QED) is 0.171. The number of aromatic nitrogens is 3. The van der Waals surface area contributed by atoms with Crippen molar-refractivity contribution in [3.05, 3.63) is 58.7 Å². The van der Waals surface area contributed by atoms with Crippen LogP contribution in [-0.4, -0.2) is 60.1 Å². The number of nitrogens with one attached hydrogen (secondary N) is 4. The van der Waals surface area contributed by atoms with Crippen molar-refractivity contribution in [2.75, 3.05) is 43.9 Å². The summed E-state index contributed by atoms with van der Waals surface area (Å²) in [5, 5.41) is 14.1. The molecule has 0 aliphatic heterocycles. The molecule has 0 spiro atoms. The summed E-state index contributed by atoms with van der Waals surface area (Å²) in [5.41, 5.74) is 5.48. The molecule has 43 heavy (non-hydrogen) atoms. The molecule has 2 aliphatic rings. The maximum absolute atomic E-state index is 12.7. The molecule has 0 atom stereocenters. The molecule has 4 N–H and O–H groups in total. The first-order valence-corrected chi connectivity index (χ1v) is 15.9. The van der Waals surface area contributed by atoms with E-state index >= 15 is 0 Å². The summed E-state index contributed by atoms with van der Waals surface area (Å²) in [6.45, 7) is 2.02. The van der Waals surface area contributed by atoms with Gasteiger partial charge in [-0.1, -0.05) is 24.6 Å². The van der Waals surface area contributed by atoms with Gasteiger partial charge in [0, 0.05) is 48.7 Å². The number of aryl methyl sites for hydroxylation is 1. The van der Waals surface area contributed by atoms with Crippen LogP contribution in [0.15, 0.2) is 42.6 Å². The molecule has 224 valence electrons. The lowest BCUT2D eigenvalue weighted by molar-refractivity contribution is -0.115. The average molecular weight is 600 g/mol. The number of pyridine rings is 2. The lowest BCUT2D eigenvalue weighted by atomic mass is 9.86. The van der Waals surface area contributed by atoms with Crippen LogP contribution >= 0.6 is 11.3 Å². The minimum Gasteiger partial charge on any atom is -0.476 e. The number of ether oxygens (including phenoxy) is 1. The van der Waals surface area contributed by atoms with Gasteiger partial charge < -0.3 is 26.0 Å². The number of carbonyl (C=O) groups excluding carboxylic acids is 2. The smallest absolute Gasteiger partial charge is 0.266 e. The normalized spacial score (nSPS) is 14.5. The van der Waals surface area contributed by atoms with Crippen molar-refractivity contribution in [1.82, 2.24) is 25.6 Å². The first-order valence-electron chi connectivity index (χ1n) is 15.1. The van der Waals surface area contributed by atoms with Crippen LogP contribution in [0.25, 0.3) is 21.5 Å². The van der Waals surface area contributed by atoms with Crippen molar-refractivity contribution in [1.29, 1.82) is 0 Å². The van der Waals surface area contributed by atoms with Crippen LogP contribution in [0.5, 0.6) is 5.88 Å². The molecule has 2 aliphatic carbocycles. The van der Waals surface area contributed by atoms with Gasteiger partial charge in [-0.25, -0.2) is 9.97 Å². The van der Waals surface area contributed by atoms with Crippen LogP contribution in [0.1, 0.15) is 53.0 Å². The van der Waals surface area contributed by atoms with Gasteiger partial charge in [-0.2, -0.15) is 0 Å². The number of carbonyl (C=O) groups is 2. The van der Waals surface area contributed by atoms with Crippen molar-refractivity contribution < 1.29 is 14.3 Å². The average Bonchev–Trinajstić information content (AvgIpc) is 3.43. The number of rotatable bonds is 12. The van der Waals surface area contributed by atoms with Crippen molar-refractivity contribution in [3.8, 4) is 16.5 Å². The summed E-state index contributed by atoms with van der Waals surface area (Å²) in [5.74, 6) is 0.881. The van der Waals surface area contributed by atoms with Crippen LogP contribution in [0.2, 0.25) is 0 Å². The molecule has 0 bridgehead atoms. The van der Waals surface area contributed by atoms with Crippen LogP contribution in [0, 0.1) is 5.92 Å². The van der Waals surface area contributed by atoms with Gasteiger partial charge in [0.05, 0.1) is 18.7 Å². The Hall–Kier alpha value is -4.09. The molecule has 6 rings (SSSR count). The summed E-state index contributed by atoms with van der Waals surface area (Å²) in [6, 6.07) is 11.8. The zero-order chi connectivity index (χ0) is 29.6. The van der Waals surface area contributed by atoms with Crippen molar-refractivity contribution in [2.45, 2.75) is 44.9 Å². The van der Waals surface area contributed by atoms with Gasteiger partial charge in [-0.3, -0.25) is 14.6 Å². The van der Waals surface area contributed by atoms with E-state index in [4.69, 9.17) is 9.72 Å². The van der Waals surface area contributed by atoms with Gasteiger partial charge in [0.1, 0.15) is 10.8 Å². The maximum Gasteiger partial charge on any atom is 0.266 e. The Morgan fingerprint density at radius 1 is 1.05 bits per heavy atom. The van der Waals surface area contributed by atoms with Crippen LogP contribution < -0.4 is 26.0 Å². The SMILES string of the molecule is CNC(=O)c1sc(-c2ccnc(NC(=O)CNCCNc3c4c(nc5ccccc35)CCCC4)c2)nc1OCC1CCC1. The Balaban J connectivity index is 1.03. The Morgan fingerprint density at radius 2 is 1.91 bits per heavy atom. The fraction of sp³-hybridized carbons (Fsp3) is 0.406. The molecule has 2 amide bonds. The zero-order valence-corrected chi connectivity index (χ0v) is 25.2. The number of amides is 2. The fourth-order valence-corrected chi connectivity index (χ4v) is 6.47. The molecular formula is C32H37N7O3S. The van der Waals surface area contributed by atoms with E-state index in [2.05, 4.69) is 43.4 Å². The van der Waals surface area contributed by atoms with Crippen LogP contribution in [-0.2, 0) is 17.6 Å². The van der Waals surface area contributed by atoms with Gasteiger partial charge in [0.25, 0.3) is 5.91 Å². The van der Waals surface area contributed by atoms with E-state index in [1.54, 1.807) is 19.3 Å². The Labute approximate surface area is 255 Å². The number of para-hydroxylation sites is 1. The highest BCUT2D eigenvalue weighted by molar-refractivity contribution is 7.17. The van der Waals surface area contributed by atoms with Gasteiger partial charge in [-0.05, 0) is 68.2 Å². The third-order valence-corrected chi connectivity index (χ3v) is 9.13. The highest BCUT2D eigenvalue weighted by Gasteiger charge is 2.24. The standard InChI is InChI=1S/C32H37N7O3S/c1-33-30(41)29-31(42-19-20-7-6-8-20)39-32(43-29)21-13-14-35-26(17-21)38-27(40)18-34-15-16-36-28-22-9-2-4-11-24(22)37-25-12-5-3-10-23(25)28/h2,4,9,11,13-14,17,20,34H,3,5-8,10,12,15-16,18-19H2,1H3,(H,33,41)(H,36,37)(H,35,38,40). The van der Waals surface area contributed by atoms with Crippen molar-refractivity contribution in [3.63, 3.8) is 0 Å². The minimum atomic E-state index is -0.229. The van der Waals surface area contributed by atoms with Gasteiger partial charge in [-0.15, -0.1) is 11.3 Å². The van der Waals surface area contributed by atoms with E-state index in [1.165, 1.54) is 47.5 Å². The molecule has 0 saturated heterocycles. The van der Waals surface area contributed by atoms with E-state index < -0.39 is 0 Å². The first-order chi connectivity index (χ1) is 21.1. The third kappa shape index (κ3) is 6.78. The highest BCUT2D eigenvalue weighted by Crippen LogP contribution is 2.35. The molecule has 1 fully saturated rings. The molecule has 1 aromatic carbocycles. The van der Waals surface area contributed by atoms with Gasteiger partial charge in [0.15, 0.2) is 4.88 Å². The largest absolute Gasteiger partial charge is 0.476 e. The topological polar surface area (TPSA) is 130 Å². The van der Waals surface area contributed by atoms with Crippen LogP contribution in [0.3, 0.4) is 0 Å². The third-order valence-electron chi connectivity index (χ3n) is 8.04. The Bertz CT molecular complexity index is 1620. The van der Waals surface area contributed by atoms with E-state index in [0.717, 1.165) is 42.1 Å². The fourth-order valence-electron chi connectivity index (χ4n) is 5.51. The molecule has 3 aromatic heterocycles. The molecule has 10 nitrogen and oxygen atoms in total. The molecule has 4 aromatic rings. The van der Waals surface area contributed by atoms with Crippen molar-refractivity contribution >= 4 is 45.6 Å². The molecule has 0 radical (unpaired) electrons. The van der Waals surface area contributed by atoms with E-state index in [9.17, 15) is 9.59 Å². The monoisotopic (exact) mass is 599 g/mol. The first kappa shape index (κ1) is 29.0. The summed E-state index contributed by atoms with van der Waals surface area (Å²) in [6.07, 6.45) is 9.57.